The predicted octanol–water partition coefficient (Wildman–Crippen LogP) is 3.85. The summed E-state index contributed by atoms with van der Waals surface area (Å²) in [6, 6.07) is 4.53. The SMILES string of the molecule is CCCCN1C=Cc2cc(OC)c(OC)cc2C1C. The summed E-state index contributed by atoms with van der Waals surface area (Å²) in [5.74, 6) is 1.60. The number of hydrogen-bond donors (Lipinski definition) is 0. The third-order valence-corrected chi connectivity index (χ3v) is 3.75. The van der Waals surface area contributed by atoms with E-state index in [9.17, 15) is 0 Å². The molecule has 3 nitrogen and oxygen atoms in total. The van der Waals surface area contributed by atoms with E-state index in [0.29, 0.717) is 6.04 Å². The molecule has 0 spiro atoms. The molecule has 0 radical (unpaired) electrons. The number of fused-ring (bicyclic) bond motifs is 1. The maximum atomic E-state index is 5.40. The molecule has 0 aromatic heterocycles. The average Bonchev–Trinajstić information content (AvgIpc) is 2.45. The highest BCUT2D eigenvalue weighted by Gasteiger charge is 2.21. The number of unbranched alkanes of at least 4 members (excludes halogenated alkanes) is 1. The molecule has 1 aromatic carbocycles. The molecule has 1 atom stereocenters. The third-order valence-electron chi connectivity index (χ3n) is 3.75. The Morgan fingerprint density at radius 3 is 2.47 bits per heavy atom. The van der Waals surface area contributed by atoms with Crippen molar-refractivity contribution >= 4 is 6.08 Å². The van der Waals surface area contributed by atoms with Gasteiger partial charge in [-0.2, -0.15) is 0 Å². The molecule has 0 amide bonds. The highest BCUT2D eigenvalue weighted by Crippen LogP contribution is 2.38. The molecule has 1 aliphatic heterocycles. The smallest absolute Gasteiger partial charge is 0.161 e. The van der Waals surface area contributed by atoms with Gasteiger partial charge in [-0.1, -0.05) is 13.3 Å². The highest BCUT2D eigenvalue weighted by atomic mass is 16.5. The Morgan fingerprint density at radius 2 is 1.84 bits per heavy atom. The summed E-state index contributed by atoms with van der Waals surface area (Å²) < 4.78 is 10.8. The topological polar surface area (TPSA) is 21.7 Å². The van der Waals surface area contributed by atoms with Gasteiger partial charge in [0.15, 0.2) is 11.5 Å². The first-order valence-electron chi connectivity index (χ1n) is 6.91. The van der Waals surface area contributed by atoms with E-state index in [-0.39, 0.29) is 0 Å². The van der Waals surface area contributed by atoms with Crippen LogP contribution in [0.3, 0.4) is 0 Å². The Balaban J connectivity index is 2.32. The Kier molecular flexibility index (Phi) is 4.35. The molecule has 0 aliphatic carbocycles. The fraction of sp³-hybridized carbons (Fsp3) is 0.500. The van der Waals surface area contributed by atoms with Gasteiger partial charge >= 0.3 is 0 Å². The summed E-state index contributed by atoms with van der Waals surface area (Å²) in [7, 11) is 3.36. The highest BCUT2D eigenvalue weighted by molar-refractivity contribution is 5.62. The Hall–Kier alpha value is -1.64. The lowest BCUT2D eigenvalue weighted by atomic mass is 9.96. The average molecular weight is 261 g/mol. The minimum Gasteiger partial charge on any atom is -0.493 e. The zero-order chi connectivity index (χ0) is 13.8. The molecule has 3 heteroatoms. The number of hydrogen-bond acceptors (Lipinski definition) is 3. The van der Waals surface area contributed by atoms with Crippen molar-refractivity contribution in [2.45, 2.75) is 32.7 Å². The van der Waals surface area contributed by atoms with E-state index in [1.165, 1.54) is 24.0 Å². The van der Waals surface area contributed by atoms with Crippen LogP contribution in [-0.4, -0.2) is 25.7 Å². The van der Waals surface area contributed by atoms with Crippen LogP contribution in [-0.2, 0) is 0 Å². The molecular formula is C16H23NO2. The first-order chi connectivity index (χ1) is 9.21. The molecule has 1 unspecified atom stereocenters. The Bertz CT molecular complexity index is 468. The molecule has 0 saturated carbocycles. The molecule has 0 saturated heterocycles. The Labute approximate surface area is 115 Å². The summed E-state index contributed by atoms with van der Waals surface area (Å²) in [5, 5.41) is 0. The fourth-order valence-corrected chi connectivity index (χ4v) is 2.51. The Morgan fingerprint density at radius 1 is 1.16 bits per heavy atom. The number of nitrogens with zero attached hydrogens (tertiary/aromatic N) is 1. The van der Waals surface area contributed by atoms with Crippen molar-refractivity contribution in [1.82, 2.24) is 4.90 Å². The van der Waals surface area contributed by atoms with Crippen molar-refractivity contribution in [2.75, 3.05) is 20.8 Å². The normalized spacial score (nSPS) is 17.3. The lowest BCUT2D eigenvalue weighted by molar-refractivity contribution is 0.288. The molecule has 104 valence electrons. The summed E-state index contributed by atoms with van der Waals surface area (Å²) in [6.45, 7) is 5.56. The molecule has 0 N–H and O–H groups in total. The van der Waals surface area contributed by atoms with Crippen LogP contribution < -0.4 is 9.47 Å². The van der Waals surface area contributed by atoms with Crippen molar-refractivity contribution < 1.29 is 9.47 Å². The number of benzene rings is 1. The summed E-state index contributed by atoms with van der Waals surface area (Å²) in [6.07, 6.45) is 6.79. The lowest BCUT2D eigenvalue weighted by Gasteiger charge is -2.33. The van der Waals surface area contributed by atoms with Gasteiger partial charge in [-0.05, 0) is 42.7 Å². The van der Waals surface area contributed by atoms with Crippen molar-refractivity contribution in [3.8, 4) is 11.5 Å². The largest absolute Gasteiger partial charge is 0.493 e. The second-order valence-electron chi connectivity index (χ2n) is 4.92. The molecular weight excluding hydrogens is 238 g/mol. The van der Waals surface area contributed by atoms with Crippen LogP contribution >= 0.6 is 0 Å². The molecule has 1 aromatic rings. The second kappa shape index (κ2) is 6.00. The van der Waals surface area contributed by atoms with E-state index in [1.54, 1.807) is 14.2 Å². The van der Waals surface area contributed by atoms with Crippen LogP contribution in [0, 0.1) is 0 Å². The van der Waals surface area contributed by atoms with Gasteiger partial charge in [-0.15, -0.1) is 0 Å². The monoisotopic (exact) mass is 261 g/mol. The van der Waals surface area contributed by atoms with Crippen molar-refractivity contribution in [3.63, 3.8) is 0 Å². The minimum atomic E-state index is 0.381. The van der Waals surface area contributed by atoms with Crippen LogP contribution in [0.1, 0.15) is 43.9 Å². The van der Waals surface area contributed by atoms with E-state index in [0.717, 1.165) is 18.0 Å². The first kappa shape index (κ1) is 13.8. The van der Waals surface area contributed by atoms with Crippen LogP contribution in [0.4, 0.5) is 0 Å². The van der Waals surface area contributed by atoms with Gasteiger partial charge in [0.1, 0.15) is 0 Å². The molecule has 2 rings (SSSR count). The quantitative estimate of drug-likeness (QED) is 0.803. The van der Waals surface area contributed by atoms with Gasteiger partial charge in [0.2, 0.25) is 0 Å². The number of methoxy groups -OCH3 is 2. The minimum absolute atomic E-state index is 0.381. The van der Waals surface area contributed by atoms with E-state index < -0.39 is 0 Å². The van der Waals surface area contributed by atoms with Crippen molar-refractivity contribution in [2.24, 2.45) is 0 Å². The summed E-state index contributed by atoms with van der Waals surface area (Å²) >= 11 is 0. The van der Waals surface area contributed by atoms with Gasteiger partial charge in [-0.25, -0.2) is 0 Å². The van der Waals surface area contributed by atoms with Crippen molar-refractivity contribution in [3.05, 3.63) is 29.5 Å². The zero-order valence-electron chi connectivity index (χ0n) is 12.3. The lowest BCUT2D eigenvalue weighted by Crippen LogP contribution is -2.25. The maximum absolute atomic E-state index is 5.40. The number of ether oxygens (including phenoxy) is 2. The predicted molar refractivity (Wildman–Crippen MR) is 78.6 cm³/mol. The first-order valence-corrected chi connectivity index (χ1v) is 6.91. The summed E-state index contributed by atoms with van der Waals surface area (Å²) in [5.41, 5.74) is 2.52. The molecule has 0 bridgehead atoms. The van der Waals surface area contributed by atoms with Crippen LogP contribution in [0.2, 0.25) is 0 Å². The van der Waals surface area contributed by atoms with Crippen LogP contribution in [0.25, 0.3) is 6.08 Å². The molecule has 0 fully saturated rings. The van der Waals surface area contributed by atoms with Crippen molar-refractivity contribution in [1.29, 1.82) is 0 Å². The van der Waals surface area contributed by atoms with Gasteiger partial charge in [-0.3, -0.25) is 0 Å². The van der Waals surface area contributed by atoms with E-state index >= 15 is 0 Å². The van der Waals surface area contributed by atoms with Gasteiger partial charge in [0, 0.05) is 12.7 Å². The fourth-order valence-electron chi connectivity index (χ4n) is 2.51. The van der Waals surface area contributed by atoms with E-state index in [1.807, 2.05) is 0 Å². The molecule has 19 heavy (non-hydrogen) atoms. The standard InChI is InChI=1S/C16H23NO2/c1-5-6-8-17-9-7-13-10-15(18-3)16(19-4)11-14(13)12(17)2/h7,9-12H,5-6,8H2,1-4H3. The molecule has 1 aliphatic rings. The van der Waals surface area contributed by atoms with Gasteiger partial charge in [0.25, 0.3) is 0 Å². The second-order valence-corrected chi connectivity index (χ2v) is 4.92. The maximum Gasteiger partial charge on any atom is 0.161 e. The van der Waals surface area contributed by atoms with Gasteiger partial charge < -0.3 is 14.4 Å². The number of rotatable bonds is 5. The third kappa shape index (κ3) is 2.70. The van der Waals surface area contributed by atoms with Crippen LogP contribution in [0.5, 0.6) is 11.5 Å². The van der Waals surface area contributed by atoms with Crippen LogP contribution in [0.15, 0.2) is 18.3 Å². The van der Waals surface area contributed by atoms with Gasteiger partial charge in [0.05, 0.1) is 20.3 Å². The summed E-state index contributed by atoms with van der Waals surface area (Å²) in [4.78, 5) is 2.39. The van der Waals surface area contributed by atoms with E-state index in [2.05, 4.69) is 43.2 Å². The van der Waals surface area contributed by atoms with E-state index in [4.69, 9.17) is 9.47 Å². The molecule has 1 heterocycles. The zero-order valence-corrected chi connectivity index (χ0v) is 12.3.